The average molecular weight is 398 g/mol. The Kier molecular flexibility index (Phi) is 5.96. The molecule has 2 aromatic carbocycles. The first-order valence-electron chi connectivity index (χ1n) is 7.35. The Morgan fingerprint density at radius 2 is 1.92 bits per heavy atom. The highest BCUT2D eigenvalue weighted by atomic mass is 35.5. The van der Waals surface area contributed by atoms with E-state index in [1.165, 1.54) is 17.8 Å². The molecule has 4 nitrogen and oxygen atoms in total. The minimum atomic E-state index is -0.243. The minimum absolute atomic E-state index is 0.243. The lowest BCUT2D eigenvalue weighted by Gasteiger charge is -2.11. The molecule has 0 aliphatic rings. The molecule has 0 saturated carbocycles. The van der Waals surface area contributed by atoms with Crippen LogP contribution in [-0.4, -0.2) is 21.9 Å². The van der Waals surface area contributed by atoms with Crippen LogP contribution in [0.5, 0.6) is 0 Å². The number of halogens is 3. The van der Waals surface area contributed by atoms with Crippen molar-refractivity contribution in [2.75, 3.05) is 7.11 Å². The molecule has 0 radical (unpaired) electrons. The molecule has 0 saturated heterocycles. The second-order valence-corrected chi connectivity index (χ2v) is 6.90. The van der Waals surface area contributed by atoms with E-state index < -0.39 is 0 Å². The Morgan fingerprint density at radius 1 is 1.12 bits per heavy atom. The van der Waals surface area contributed by atoms with Crippen molar-refractivity contribution in [3.05, 3.63) is 69.7 Å². The van der Waals surface area contributed by atoms with Crippen LogP contribution >= 0.6 is 35.0 Å². The Labute approximate surface area is 158 Å². The molecule has 0 amide bonds. The molecule has 8 heteroatoms. The van der Waals surface area contributed by atoms with Gasteiger partial charge in [-0.05, 0) is 29.8 Å². The van der Waals surface area contributed by atoms with Gasteiger partial charge in [-0.15, -0.1) is 10.2 Å². The van der Waals surface area contributed by atoms with E-state index in [9.17, 15) is 4.39 Å². The van der Waals surface area contributed by atoms with Gasteiger partial charge >= 0.3 is 0 Å². The Morgan fingerprint density at radius 3 is 2.64 bits per heavy atom. The molecule has 1 heterocycles. The van der Waals surface area contributed by atoms with Crippen LogP contribution in [0.1, 0.15) is 11.4 Å². The maximum atomic E-state index is 13.8. The lowest BCUT2D eigenvalue weighted by Crippen LogP contribution is -2.04. The summed E-state index contributed by atoms with van der Waals surface area (Å²) >= 11 is 13.5. The van der Waals surface area contributed by atoms with Crippen molar-refractivity contribution in [1.82, 2.24) is 14.8 Å². The molecular formula is C17H14Cl2FN3OS. The number of benzene rings is 2. The predicted octanol–water partition coefficient (Wildman–Crippen LogP) is 5.15. The molecule has 0 spiro atoms. The van der Waals surface area contributed by atoms with E-state index in [1.807, 2.05) is 10.6 Å². The monoisotopic (exact) mass is 397 g/mol. The lowest BCUT2D eigenvalue weighted by molar-refractivity contribution is 0.176. The summed E-state index contributed by atoms with van der Waals surface area (Å²) in [6.45, 7) is 0.285. The van der Waals surface area contributed by atoms with Crippen LogP contribution in [0.2, 0.25) is 10.0 Å². The summed E-state index contributed by atoms with van der Waals surface area (Å²) in [5, 5.41) is 9.89. The van der Waals surface area contributed by atoms with Gasteiger partial charge in [0.05, 0.1) is 15.7 Å². The largest absolute Gasteiger partial charge is 0.377 e. The van der Waals surface area contributed by atoms with Crippen molar-refractivity contribution < 1.29 is 9.13 Å². The third-order valence-corrected chi connectivity index (χ3v) is 5.17. The molecule has 3 aromatic rings. The van der Waals surface area contributed by atoms with Crippen molar-refractivity contribution >= 4 is 35.0 Å². The number of rotatable bonds is 6. The van der Waals surface area contributed by atoms with Crippen molar-refractivity contribution in [3.8, 4) is 5.69 Å². The van der Waals surface area contributed by atoms with Crippen LogP contribution in [0, 0.1) is 5.82 Å². The smallest absolute Gasteiger partial charge is 0.196 e. The van der Waals surface area contributed by atoms with Crippen LogP contribution in [0.15, 0.2) is 47.6 Å². The summed E-state index contributed by atoms with van der Waals surface area (Å²) in [6.07, 6.45) is 0. The highest BCUT2D eigenvalue weighted by Gasteiger charge is 2.16. The first-order valence-corrected chi connectivity index (χ1v) is 9.09. The van der Waals surface area contributed by atoms with Crippen molar-refractivity contribution in [1.29, 1.82) is 0 Å². The summed E-state index contributed by atoms with van der Waals surface area (Å²) in [4.78, 5) is 0. The molecular weight excluding hydrogens is 384 g/mol. The normalized spacial score (nSPS) is 11.0. The maximum Gasteiger partial charge on any atom is 0.196 e. The molecule has 0 N–H and O–H groups in total. The molecule has 3 rings (SSSR count). The van der Waals surface area contributed by atoms with Gasteiger partial charge in [0.15, 0.2) is 11.0 Å². The fourth-order valence-electron chi connectivity index (χ4n) is 2.26. The van der Waals surface area contributed by atoms with Gasteiger partial charge in [0.25, 0.3) is 0 Å². The highest BCUT2D eigenvalue weighted by molar-refractivity contribution is 7.98. The van der Waals surface area contributed by atoms with Crippen molar-refractivity contribution in [3.63, 3.8) is 0 Å². The molecule has 0 unspecified atom stereocenters. The summed E-state index contributed by atoms with van der Waals surface area (Å²) in [5.74, 6) is 0.809. The molecule has 0 aliphatic carbocycles. The second-order valence-electron chi connectivity index (χ2n) is 5.15. The summed E-state index contributed by atoms with van der Waals surface area (Å²) < 4.78 is 20.8. The number of hydrogen-bond donors (Lipinski definition) is 0. The second kappa shape index (κ2) is 8.19. The fraction of sp³-hybridized carbons (Fsp3) is 0.176. The SMILES string of the molecule is COCc1nnc(SCc2ccccc2F)n1-c1ccc(Cl)c(Cl)c1. The van der Waals surface area contributed by atoms with Gasteiger partial charge in [-0.2, -0.15) is 0 Å². The number of ether oxygens (including phenoxy) is 1. The molecule has 0 fully saturated rings. The molecule has 0 aliphatic heterocycles. The highest BCUT2D eigenvalue weighted by Crippen LogP contribution is 2.30. The molecule has 1 aromatic heterocycles. The van der Waals surface area contributed by atoms with Crippen LogP contribution in [0.25, 0.3) is 5.69 Å². The van der Waals surface area contributed by atoms with Gasteiger partial charge in [-0.3, -0.25) is 4.57 Å². The molecule has 25 heavy (non-hydrogen) atoms. The van der Waals surface area contributed by atoms with Gasteiger partial charge in [-0.1, -0.05) is 53.2 Å². The number of nitrogens with zero attached hydrogens (tertiary/aromatic N) is 3. The number of methoxy groups -OCH3 is 1. The zero-order valence-electron chi connectivity index (χ0n) is 13.2. The average Bonchev–Trinajstić information content (AvgIpc) is 3.00. The molecule has 130 valence electrons. The van der Waals surface area contributed by atoms with E-state index in [0.717, 1.165) is 5.69 Å². The third-order valence-electron chi connectivity index (χ3n) is 3.45. The Bertz CT molecular complexity index is 888. The quantitative estimate of drug-likeness (QED) is 0.539. The van der Waals surface area contributed by atoms with E-state index in [2.05, 4.69) is 10.2 Å². The Balaban J connectivity index is 1.94. The number of hydrogen-bond acceptors (Lipinski definition) is 4. The van der Waals surface area contributed by atoms with Gasteiger partial charge < -0.3 is 4.74 Å². The first kappa shape index (κ1) is 18.2. The predicted molar refractivity (Wildman–Crippen MR) is 98.1 cm³/mol. The zero-order chi connectivity index (χ0) is 17.8. The van der Waals surface area contributed by atoms with Crippen LogP contribution in [0.3, 0.4) is 0 Å². The van der Waals surface area contributed by atoms with E-state index in [4.69, 9.17) is 27.9 Å². The third kappa shape index (κ3) is 4.15. The standard InChI is InChI=1S/C17H14Cl2FN3OS/c1-24-9-16-21-22-17(25-10-11-4-2-3-5-15(11)20)23(16)12-6-7-13(18)14(19)8-12/h2-8H,9-10H2,1H3. The fourth-order valence-corrected chi connectivity index (χ4v) is 3.51. The minimum Gasteiger partial charge on any atom is -0.377 e. The number of thioether (sulfide) groups is 1. The van der Waals surface area contributed by atoms with Crippen molar-refractivity contribution in [2.45, 2.75) is 17.5 Å². The Hall–Kier alpha value is -1.60. The van der Waals surface area contributed by atoms with Crippen LogP contribution < -0.4 is 0 Å². The zero-order valence-corrected chi connectivity index (χ0v) is 15.6. The van der Waals surface area contributed by atoms with E-state index >= 15 is 0 Å². The summed E-state index contributed by atoms with van der Waals surface area (Å²) in [5.41, 5.74) is 1.37. The first-order chi connectivity index (χ1) is 12.1. The topological polar surface area (TPSA) is 39.9 Å². The maximum absolute atomic E-state index is 13.8. The van der Waals surface area contributed by atoms with E-state index in [-0.39, 0.29) is 12.4 Å². The molecule has 0 bridgehead atoms. The van der Waals surface area contributed by atoms with Gasteiger partial charge in [0.2, 0.25) is 0 Å². The van der Waals surface area contributed by atoms with Crippen LogP contribution in [-0.2, 0) is 17.1 Å². The number of aromatic nitrogens is 3. The van der Waals surface area contributed by atoms with Gasteiger partial charge in [0.1, 0.15) is 12.4 Å². The van der Waals surface area contributed by atoms with Gasteiger partial charge in [-0.25, -0.2) is 4.39 Å². The van der Waals surface area contributed by atoms with Crippen LogP contribution in [0.4, 0.5) is 4.39 Å². The summed E-state index contributed by atoms with van der Waals surface area (Å²) in [6, 6.07) is 11.9. The van der Waals surface area contributed by atoms with E-state index in [0.29, 0.717) is 32.3 Å². The summed E-state index contributed by atoms with van der Waals surface area (Å²) in [7, 11) is 1.58. The molecule has 0 atom stereocenters. The lowest BCUT2D eigenvalue weighted by atomic mass is 10.2. The van der Waals surface area contributed by atoms with E-state index in [1.54, 1.807) is 37.4 Å². The van der Waals surface area contributed by atoms with Crippen molar-refractivity contribution in [2.24, 2.45) is 0 Å². The van der Waals surface area contributed by atoms with Gasteiger partial charge in [0, 0.05) is 12.9 Å².